The molecule has 8 heteroatoms. The van der Waals surface area contributed by atoms with Crippen molar-refractivity contribution < 1.29 is 14.4 Å². The maximum Gasteiger partial charge on any atom is 0.276 e. The Morgan fingerprint density at radius 2 is 2.00 bits per heavy atom. The second-order valence-corrected chi connectivity index (χ2v) is 4.47. The van der Waals surface area contributed by atoms with Gasteiger partial charge in [0.05, 0.1) is 29.8 Å². The number of hydrogen-bond donors (Lipinski definition) is 2. The molecule has 0 amide bonds. The van der Waals surface area contributed by atoms with Crippen LogP contribution in [0.25, 0.3) is 0 Å². The normalized spacial score (nSPS) is 12.0. The van der Waals surface area contributed by atoms with Gasteiger partial charge in [-0.25, -0.2) is 4.98 Å². The lowest BCUT2D eigenvalue weighted by Gasteiger charge is -2.15. The highest BCUT2D eigenvalue weighted by Crippen LogP contribution is 2.20. The third-order valence-corrected chi connectivity index (χ3v) is 2.77. The van der Waals surface area contributed by atoms with Crippen LogP contribution >= 0.6 is 0 Å². The van der Waals surface area contributed by atoms with Crippen molar-refractivity contribution in [2.45, 2.75) is 19.4 Å². The fraction of sp³-hybridized carbons (Fsp3) is 0.615. The zero-order chi connectivity index (χ0) is 15.7. The second kappa shape index (κ2) is 9.09. The zero-order valence-corrected chi connectivity index (χ0v) is 12.6. The molecular formula is C13H22N4O4. The molecule has 21 heavy (non-hydrogen) atoms. The minimum absolute atomic E-state index is 0.00758. The lowest BCUT2D eigenvalue weighted by Crippen LogP contribution is -2.27. The molecule has 0 aliphatic carbocycles. The summed E-state index contributed by atoms with van der Waals surface area (Å²) in [5, 5.41) is 17.0. The van der Waals surface area contributed by atoms with Crippen molar-refractivity contribution in [3.8, 4) is 0 Å². The Bertz CT molecular complexity index is 456. The summed E-state index contributed by atoms with van der Waals surface area (Å²) in [5.41, 5.74) is -0.00758. The number of nitrogens with zero attached hydrogens (tertiary/aromatic N) is 2. The fourth-order valence-electron chi connectivity index (χ4n) is 1.67. The monoisotopic (exact) mass is 298 g/mol. The van der Waals surface area contributed by atoms with E-state index in [0.717, 1.165) is 6.42 Å². The minimum atomic E-state index is -0.438. The molecule has 0 saturated heterocycles. The summed E-state index contributed by atoms with van der Waals surface area (Å²) in [6, 6.07) is 2.82. The van der Waals surface area contributed by atoms with Gasteiger partial charge in [0.2, 0.25) is 0 Å². The standard InChI is InChI=1S/C13H22N4O4/c1-4-5-14-12-6-10(17(18)19)7-13(16-12)15-8-11(21-3)9-20-2/h6-7,11H,4-5,8-9H2,1-3H3,(H2,14,15,16). The Labute approximate surface area is 124 Å². The van der Waals surface area contributed by atoms with Gasteiger partial charge in [-0.3, -0.25) is 10.1 Å². The van der Waals surface area contributed by atoms with Crippen LogP contribution in [0.2, 0.25) is 0 Å². The summed E-state index contributed by atoms with van der Waals surface area (Å²) in [7, 11) is 3.17. The Kier molecular flexibility index (Phi) is 7.41. The van der Waals surface area contributed by atoms with Crippen LogP contribution in [0.4, 0.5) is 17.3 Å². The van der Waals surface area contributed by atoms with E-state index in [1.165, 1.54) is 12.1 Å². The lowest BCUT2D eigenvalue weighted by molar-refractivity contribution is -0.384. The van der Waals surface area contributed by atoms with Crippen molar-refractivity contribution in [2.24, 2.45) is 0 Å². The van der Waals surface area contributed by atoms with Crippen molar-refractivity contribution in [3.05, 3.63) is 22.2 Å². The van der Waals surface area contributed by atoms with E-state index in [4.69, 9.17) is 9.47 Å². The first-order valence-electron chi connectivity index (χ1n) is 6.76. The van der Waals surface area contributed by atoms with E-state index in [1.54, 1.807) is 14.2 Å². The van der Waals surface area contributed by atoms with Crippen molar-refractivity contribution in [3.63, 3.8) is 0 Å². The average Bonchev–Trinajstić information content (AvgIpc) is 2.49. The number of hydrogen-bond acceptors (Lipinski definition) is 7. The van der Waals surface area contributed by atoms with Crippen LogP contribution in [0.1, 0.15) is 13.3 Å². The maximum absolute atomic E-state index is 11.0. The zero-order valence-electron chi connectivity index (χ0n) is 12.6. The lowest BCUT2D eigenvalue weighted by atomic mass is 10.3. The van der Waals surface area contributed by atoms with Gasteiger partial charge in [0.15, 0.2) is 0 Å². The molecule has 1 aromatic rings. The molecule has 1 aromatic heterocycles. The highest BCUT2D eigenvalue weighted by molar-refractivity contribution is 5.54. The van der Waals surface area contributed by atoms with Crippen LogP contribution in [0.5, 0.6) is 0 Å². The Morgan fingerprint density at radius 1 is 1.33 bits per heavy atom. The van der Waals surface area contributed by atoms with Gasteiger partial charge in [-0.1, -0.05) is 6.92 Å². The number of anilines is 2. The molecule has 8 nitrogen and oxygen atoms in total. The van der Waals surface area contributed by atoms with E-state index < -0.39 is 4.92 Å². The van der Waals surface area contributed by atoms with Gasteiger partial charge in [0.1, 0.15) is 11.6 Å². The first kappa shape index (κ1) is 17.1. The Balaban J connectivity index is 2.79. The van der Waals surface area contributed by atoms with Gasteiger partial charge < -0.3 is 20.1 Å². The molecule has 0 fully saturated rings. The van der Waals surface area contributed by atoms with Crippen LogP contribution in [-0.2, 0) is 9.47 Å². The molecule has 0 saturated carbocycles. The van der Waals surface area contributed by atoms with E-state index in [-0.39, 0.29) is 11.8 Å². The molecule has 1 heterocycles. The highest BCUT2D eigenvalue weighted by atomic mass is 16.6. The van der Waals surface area contributed by atoms with E-state index in [2.05, 4.69) is 15.6 Å². The molecule has 118 valence electrons. The number of methoxy groups -OCH3 is 2. The topological polar surface area (TPSA) is 98.6 Å². The molecule has 0 aliphatic heterocycles. The van der Waals surface area contributed by atoms with Crippen molar-refractivity contribution in [1.29, 1.82) is 0 Å². The molecule has 0 spiro atoms. The van der Waals surface area contributed by atoms with E-state index in [9.17, 15) is 10.1 Å². The van der Waals surface area contributed by atoms with Gasteiger partial charge >= 0.3 is 0 Å². The Hall–Kier alpha value is -1.93. The number of nitro groups is 1. The van der Waals surface area contributed by atoms with E-state index >= 15 is 0 Å². The van der Waals surface area contributed by atoms with Crippen LogP contribution in [-0.4, -0.2) is 49.9 Å². The van der Waals surface area contributed by atoms with Gasteiger partial charge in [-0.2, -0.15) is 0 Å². The molecule has 1 atom stereocenters. The van der Waals surface area contributed by atoms with E-state index in [1.807, 2.05) is 6.92 Å². The molecular weight excluding hydrogens is 276 g/mol. The van der Waals surface area contributed by atoms with Crippen LogP contribution in [0.3, 0.4) is 0 Å². The number of pyridine rings is 1. The van der Waals surface area contributed by atoms with E-state index in [0.29, 0.717) is 31.3 Å². The predicted octanol–water partition coefficient (Wildman–Crippen LogP) is 1.88. The Morgan fingerprint density at radius 3 is 2.52 bits per heavy atom. The molecule has 0 aliphatic rings. The summed E-state index contributed by atoms with van der Waals surface area (Å²) in [6.07, 6.45) is 0.760. The quantitative estimate of drug-likeness (QED) is 0.502. The maximum atomic E-state index is 11.0. The van der Waals surface area contributed by atoms with Crippen LogP contribution in [0.15, 0.2) is 12.1 Å². The average molecular weight is 298 g/mol. The number of rotatable bonds is 10. The fourth-order valence-corrected chi connectivity index (χ4v) is 1.67. The third kappa shape index (κ3) is 5.92. The highest BCUT2D eigenvalue weighted by Gasteiger charge is 2.13. The van der Waals surface area contributed by atoms with Crippen molar-refractivity contribution in [2.75, 3.05) is 44.5 Å². The number of aromatic nitrogens is 1. The summed E-state index contributed by atoms with van der Waals surface area (Å²) >= 11 is 0. The molecule has 0 radical (unpaired) electrons. The second-order valence-electron chi connectivity index (χ2n) is 4.47. The molecule has 0 bridgehead atoms. The van der Waals surface area contributed by atoms with Crippen LogP contribution < -0.4 is 10.6 Å². The van der Waals surface area contributed by atoms with Gasteiger partial charge in [-0.15, -0.1) is 0 Å². The van der Waals surface area contributed by atoms with Crippen molar-refractivity contribution >= 4 is 17.3 Å². The summed E-state index contributed by atoms with van der Waals surface area (Å²) in [5.74, 6) is 0.912. The largest absolute Gasteiger partial charge is 0.382 e. The SMILES string of the molecule is CCCNc1cc([N+](=O)[O-])cc(NCC(COC)OC)n1. The first-order chi connectivity index (χ1) is 10.1. The number of ether oxygens (including phenoxy) is 2. The molecule has 1 rings (SSSR count). The molecule has 0 aromatic carbocycles. The summed E-state index contributed by atoms with van der Waals surface area (Å²) < 4.78 is 10.2. The number of nitrogens with one attached hydrogen (secondary N) is 2. The van der Waals surface area contributed by atoms with Crippen molar-refractivity contribution in [1.82, 2.24) is 4.98 Å². The third-order valence-electron chi connectivity index (χ3n) is 2.77. The van der Waals surface area contributed by atoms with Crippen LogP contribution in [0, 0.1) is 10.1 Å². The van der Waals surface area contributed by atoms with Gasteiger partial charge in [0.25, 0.3) is 5.69 Å². The molecule has 1 unspecified atom stereocenters. The summed E-state index contributed by atoms with van der Waals surface area (Å²) in [4.78, 5) is 14.8. The predicted molar refractivity (Wildman–Crippen MR) is 80.8 cm³/mol. The van der Waals surface area contributed by atoms with Gasteiger partial charge in [-0.05, 0) is 6.42 Å². The minimum Gasteiger partial charge on any atom is -0.382 e. The molecule has 2 N–H and O–H groups in total. The first-order valence-corrected chi connectivity index (χ1v) is 6.76. The van der Waals surface area contributed by atoms with Gasteiger partial charge in [0, 0.05) is 27.3 Å². The summed E-state index contributed by atoms with van der Waals surface area (Å²) in [6.45, 7) is 3.60. The smallest absolute Gasteiger partial charge is 0.276 e.